The second kappa shape index (κ2) is 11.3. The molecule has 2 aliphatic rings. The van der Waals surface area contributed by atoms with Crippen LogP contribution in [0.1, 0.15) is 105 Å². The summed E-state index contributed by atoms with van der Waals surface area (Å²) in [7, 11) is 0. The Morgan fingerprint density at radius 2 is 1.94 bits per heavy atom. The van der Waals surface area contributed by atoms with Crippen LogP contribution in [0.4, 0.5) is 4.39 Å². The van der Waals surface area contributed by atoms with Gasteiger partial charge in [-0.1, -0.05) is 53.0 Å². The third-order valence-electron chi connectivity index (χ3n) is 7.99. The average Bonchev–Trinajstić information content (AvgIpc) is 3.38. The summed E-state index contributed by atoms with van der Waals surface area (Å²) < 4.78 is 27.7. The standard InChI is InChI=1S/C29H42FNO4/c1-6-15-29-20-24(23(30)19-22-11-7-8-18-31-22)34-26(33)14-17-27(3,4)25(32)13-12-21(2)10-9-16-28(29,5)35-29/h7-8,11,18-19,21,24H,6,9-10,12-17,20H2,1-5H3. The van der Waals surface area contributed by atoms with Crippen LogP contribution in [0.5, 0.6) is 0 Å². The smallest absolute Gasteiger partial charge is 0.306 e. The molecule has 1 aromatic heterocycles. The molecule has 1 aromatic rings. The number of halogens is 1. The number of carbonyl (C=O) groups is 2. The van der Waals surface area contributed by atoms with Gasteiger partial charge in [0.05, 0.1) is 11.3 Å². The van der Waals surface area contributed by atoms with Crippen molar-refractivity contribution in [3.05, 3.63) is 35.9 Å². The monoisotopic (exact) mass is 487 g/mol. The Bertz CT molecular complexity index is 915. The zero-order chi connectivity index (χ0) is 25.7. The molecule has 0 saturated carbocycles. The van der Waals surface area contributed by atoms with Crippen molar-refractivity contribution in [1.29, 1.82) is 0 Å². The minimum absolute atomic E-state index is 0.0700. The summed E-state index contributed by atoms with van der Waals surface area (Å²) in [6, 6.07) is 5.27. The molecular formula is C29H42FNO4. The molecule has 2 saturated heterocycles. The van der Waals surface area contributed by atoms with E-state index in [1.807, 2.05) is 13.8 Å². The van der Waals surface area contributed by atoms with Gasteiger partial charge in [-0.05, 0) is 56.7 Å². The lowest BCUT2D eigenvalue weighted by atomic mass is 9.79. The highest BCUT2D eigenvalue weighted by Gasteiger charge is 2.66. The first-order chi connectivity index (χ1) is 16.5. The molecule has 0 bridgehead atoms. The molecule has 194 valence electrons. The molecule has 4 unspecified atom stereocenters. The van der Waals surface area contributed by atoms with Gasteiger partial charge in [0.2, 0.25) is 0 Å². The van der Waals surface area contributed by atoms with E-state index in [0.717, 1.165) is 38.5 Å². The Labute approximate surface area is 209 Å². The molecule has 0 N–H and O–H groups in total. The summed E-state index contributed by atoms with van der Waals surface area (Å²) in [4.78, 5) is 29.9. The van der Waals surface area contributed by atoms with Crippen molar-refractivity contribution in [2.24, 2.45) is 11.3 Å². The highest BCUT2D eigenvalue weighted by molar-refractivity contribution is 5.84. The first kappa shape index (κ1) is 27.5. The number of carbonyl (C=O) groups excluding carboxylic acids is 2. The minimum atomic E-state index is -1.05. The summed E-state index contributed by atoms with van der Waals surface area (Å²) in [5, 5.41) is 0. The molecule has 3 heterocycles. The van der Waals surface area contributed by atoms with Crippen LogP contribution in [0.15, 0.2) is 30.2 Å². The average molecular weight is 488 g/mol. The number of aromatic nitrogens is 1. The maximum atomic E-state index is 15.6. The van der Waals surface area contributed by atoms with Gasteiger partial charge in [0.25, 0.3) is 0 Å². The van der Waals surface area contributed by atoms with Crippen molar-refractivity contribution in [1.82, 2.24) is 4.98 Å². The van der Waals surface area contributed by atoms with Crippen molar-refractivity contribution in [3.63, 3.8) is 0 Å². The molecule has 0 radical (unpaired) electrons. The Morgan fingerprint density at radius 1 is 1.17 bits per heavy atom. The van der Waals surface area contributed by atoms with Crippen molar-refractivity contribution in [3.8, 4) is 0 Å². The Balaban J connectivity index is 1.88. The zero-order valence-corrected chi connectivity index (χ0v) is 22.1. The van der Waals surface area contributed by atoms with Crippen molar-refractivity contribution in [2.75, 3.05) is 0 Å². The lowest BCUT2D eigenvalue weighted by molar-refractivity contribution is -0.149. The van der Waals surface area contributed by atoms with Gasteiger partial charge < -0.3 is 9.47 Å². The number of epoxide rings is 1. The van der Waals surface area contributed by atoms with E-state index in [4.69, 9.17) is 9.47 Å². The number of hydrogen-bond donors (Lipinski definition) is 0. The number of esters is 1. The minimum Gasteiger partial charge on any atom is -0.455 e. The molecule has 2 aliphatic heterocycles. The molecule has 5 nitrogen and oxygen atoms in total. The second-order valence-electron chi connectivity index (χ2n) is 11.4. The van der Waals surface area contributed by atoms with Gasteiger partial charge in [-0.3, -0.25) is 14.6 Å². The highest BCUT2D eigenvalue weighted by atomic mass is 19.1. The topological polar surface area (TPSA) is 68.8 Å². The fourth-order valence-corrected chi connectivity index (χ4v) is 5.37. The van der Waals surface area contributed by atoms with Gasteiger partial charge in [-0.2, -0.15) is 0 Å². The molecule has 0 aliphatic carbocycles. The lowest BCUT2D eigenvalue weighted by Crippen LogP contribution is -2.32. The molecule has 0 spiro atoms. The summed E-state index contributed by atoms with van der Waals surface area (Å²) in [5.41, 5.74) is -1.03. The van der Waals surface area contributed by atoms with Crippen LogP contribution in [0.2, 0.25) is 0 Å². The second-order valence-corrected chi connectivity index (χ2v) is 11.4. The summed E-state index contributed by atoms with van der Waals surface area (Å²) in [5.74, 6) is -0.408. The van der Waals surface area contributed by atoms with E-state index >= 15 is 4.39 Å². The van der Waals surface area contributed by atoms with E-state index in [1.54, 1.807) is 24.4 Å². The predicted molar refractivity (Wildman–Crippen MR) is 135 cm³/mol. The number of nitrogens with zero attached hydrogens (tertiary/aromatic N) is 1. The number of ether oxygens (including phenoxy) is 2. The molecule has 3 rings (SSSR count). The molecule has 6 heteroatoms. The van der Waals surface area contributed by atoms with Gasteiger partial charge in [0.15, 0.2) is 6.10 Å². The number of rotatable bonds is 4. The normalized spacial score (nSPS) is 33.0. The van der Waals surface area contributed by atoms with E-state index in [9.17, 15) is 9.59 Å². The van der Waals surface area contributed by atoms with Crippen molar-refractivity contribution < 1.29 is 23.5 Å². The Hall–Kier alpha value is -2.08. The summed E-state index contributed by atoms with van der Waals surface area (Å²) in [6.45, 7) is 10.2. The first-order valence-corrected chi connectivity index (χ1v) is 13.2. The third kappa shape index (κ3) is 6.99. The van der Waals surface area contributed by atoms with E-state index in [-0.39, 0.29) is 24.2 Å². The van der Waals surface area contributed by atoms with Gasteiger partial charge in [0.1, 0.15) is 17.2 Å². The Morgan fingerprint density at radius 3 is 2.63 bits per heavy atom. The van der Waals surface area contributed by atoms with Gasteiger partial charge >= 0.3 is 5.97 Å². The van der Waals surface area contributed by atoms with Crippen LogP contribution < -0.4 is 0 Å². The van der Waals surface area contributed by atoms with E-state index in [0.29, 0.717) is 24.5 Å². The van der Waals surface area contributed by atoms with Crippen molar-refractivity contribution in [2.45, 2.75) is 116 Å². The van der Waals surface area contributed by atoms with Crippen LogP contribution in [-0.2, 0) is 19.1 Å². The number of pyridine rings is 1. The van der Waals surface area contributed by atoms with E-state index in [1.165, 1.54) is 6.08 Å². The fraction of sp³-hybridized carbons (Fsp3) is 0.690. The maximum absolute atomic E-state index is 15.6. The van der Waals surface area contributed by atoms with E-state index < -0.39 is 28.9 Å². The zero-order valence-electron chi connectivity index (χ0n) is 22.1. The molecule has 2 fully saturated rings. The molecular weight excluding hydrogens is 445 g/mol. The number of Topliss-reactive ketones (excluding diaryl/α,β-unsaturated/α-hetero) is 1. The van der Waals surface area contributed by atoms with Crippen LogP contribution in [0.25, 0.3) is 6.08 Å². The Kier molecular flexibility index (Phi) is 8.90. The maximum Gasteiger partial charge on any atom is 0.306 e. The SMILES string of the molecule is CCCC12CC(C(F)=Cc3ccccn3)OC(=O)CCC(C)(C)C(=O)CCC(C)CCCC1(C)O2. The van der Waals surface area contributed by atoms with Gasteiger partial charge in [-0.25, -0.2) is 4.39 Å². The molecule has 0 amide bonds. The van der Waals surface area contributed by atoms with Crippen LogP contribution in [0, 0.1) is 11.3 Å². The van der Waals surface area contributed by atoms with Gasteiger partial charge in [-0.15, -0.1) is 0 Å². The third-order valence-corrected chi connectivity index (χ3v) is 7.99. The summed E-state index contributed by atoms with van der Waals surface area (Å²) in [6.07, 6.45) is 8.54. The number of cyclic esters (lactones) is 1. The molecule has 4 atom stereocenters. The first-order valence-electron chi connectivity index (χ1n) is 13.2. The van der Waals surface area contributed by atoms with E-state index in [2.05, 4.69) is 25.8 Å². The molecule has 0 aromatic carbocycles. The molecule has 35 heavy (non-hydrogen) atoms. The quantitative estimate of drug-likeness (QED) is 0.338. The highest BCUT2D eigenvalue weighted by Crippen LogP contribution is 2.57. The summed E-state index contributed by atoms with van der Waals surface area (Å²) >= 11 is 0. The van der Waals surface area contributed by atoms with Gasteiger partial charge in [0, 0.05) is 30.9 Å². The largest absolute Gasteiger partial charge is 0.455 e. The number of fused-ring (bicyclic) bond motifs is 1. The number of hydrogen-bond acceptors (Lipinski definition) is 5. The predicted octanol–water partition coefficient (Wildman–Crippen LogP) is 7.00. The van der Waals surface area contributed by atoms with Crippen LogP contribution >= 0.6 is 0 Å². The van der Waals surface area contributed by atoms with Crippen molar-refractivity contribution >= 4 is 17.8 Å². The number of ketones is 1. The fourth-order valence-electron chi connectivity index (χ4n) is 5.37. The van der Waals surface area contributed by atoms with Crippen LogP contribution in [0.3, 0.4) is 0 Å². The lowest BCUT2D eigenvalue weighted by Gasteiger charge is -2.26. The van der Waals surface area contributed by atoms with Crippen LogP contribution in [-0.4, -0.2) is 34.0 Å².